The molecule has 1 N–H and O–H groups in total. The molecule has 0 spiro atoms. The first kappa shape index (κ1) is 24.9. The summed E-state index contributed by atoms with van der Waals surface area (Å²) in [6.45, 7) is 5.24. The molecule has 0 aliphatic rings. The van der Waals surface area contributed by atoms with Gasteiger partial charge in [0, 0.05) is 27.2 Å². The van der Waals surface area contributed by atoms with Gasteiger partial charge in [-0.2, -0.15) is 0 Å². The number of hydrogen-bond acceptors (Lipinski definition) is 3. The van der Waals surface area contributed by atoms with Crippen LogP contribution < -0.4 is 5.32 Å². The van der Waals surface area contributed by atoms with Gasteiger partial charge in [0.2, 0.25) is 0 Å². The molecule has 0 atom stereocenters. The van der Waals surface area contributed by atoms with Crippen LogP contribution in [-0.2, 0) is 9.84 Å². The van der Waals surface area contributed by atoms with Gasteiger partial charge >= 0.3 is 0 Å². The third-order valence-corrected chi connectivity index (χ3v) is 5.77. The molecule has 0 fully saturated rings. The smallest absolute Gasteiger partial charge is 0.193 e. The lowest BCUT2D eigenvalue weighted by atomic mass is 10.2. The van der Waals surface area contributed by atoms with Gasteiger partial charge in [-0.15, -0.1) is 30.6 Å². The second kappa shape index (κ2) is 14.0. The molecule has 0 amide bonds. The van der Waals surface area contributed by atoms with E-state index in [1.807, 2.05) is 19.2 Å². The predicted molar refractivity (Wildman–Crippen MR) is 121 cm³/mol. The number of guanidine groups is 1. The summed E-state index contributed by atoms with van der Waals surface area (Å²) in [5, 5.41) is 3.24. The lowest BCUT2D eigenvalue weighted by Crippen LogP contribution is -2.40. The van der Waals surface area contributed by atoms with Gasteiger partial charge < -0.3 is 10.2 Å². The number of nitrogens with one attached hydrogen (secondary N) is 1. The monoisotopic (exact) mass is 493 g/mol. The zero-order chi connectivity index (χ0) is 18.5. The second-order valence-corrected chi connectivity index (χ2v) is 8.13. The minimum atomic E-state index is -3.21. The number of aliphatic imine (C=N–C) groups is 1. The topological polar surface area (TPSA) is 61.8 Å². The fourth-order valence-corrected chi connectivity index (χ4v) is 3.85. The first-order valence-corrected chi connectivity index (χ1v) is 10.5. The van der Waals surface area contributed by atoms with Crippen LogP contribution in [-0.4, -0.2) is 52.2 Å². The summed E-state index contributed by atoms with van der Waals surface area (Å²) in [5.74, 6) is 0.938. The van der Waals surface area contributed by atoms with Crippen LogP contribution in [0.25, 0.3) is 0 Å². The fraction of sp³-hybridized carbons (Fsp3) is 0.526. The van der Waals surface area contributed by atoms with Gasteiger partial charge in [0.25, 0.3) is 0 Å². The van der Waals surface area contributed by atoms with Crippen molar-refractivity contribution in [3.8, 4) is 0 Å². The zero-order valence-electron chi connectivity index (χ0n) is 15.9. The van der Waals surface area contributed by atoms with Crippen molar-refractivity contribution in [2.75, 3.05) is 32.9 Å². The van der Waals surface area contributed by atoms with Gasteiger partial charge in [-0.25, -0.2) is 8.42 Å². The summed E-state index contributed by atoms with van der Waals surface area (Å²) in [6.07, 6.45) is 7.00. The van der Waals surface area contributed by atoms with Gasteiger partial charge in [-0.05, 0) is 37.8 Å². The average molecular weight is 493 g/mol. The third-order valence-electron chi connectivity index (χ3n) is 3.95. The van der Waals surface area contributed by atoms with E-state index in [0.29, 0.717) is 17.9 Å². The lowest BCUT2D eigenvalue weighted by molar-refractivity contribution is 0.455. The van der Waals surface area contributed by atoms with Crippen molar-refractivity contribution in [2.24, 2.45) is 4.99 Å². The Bertz CT molecular complexity index is 633. The van der Waals surface area contributed by atoms with Crippen LogP contribution >= 0.6 is 24.0 Å². The first-order chi connectivity index (χ1) is 12.0. The molecule has 7 heteroatoms. The molecule has 0 saturated carbocycles. The molecule has 0 aromatic heterocycles. The van der Waals surface area contributed by atoms with Crippen molar-refractivity contribution >= 4 is 39.8 Å². The molecule has 1 aromatic carbocycles. The molecule has 0 aliphatic heterocycles. The van der Waals surface area contributed by atoms with Crippen LogP contribution in [0.1, 0.15) is 32.1 Å². The van der Waals surface area contributed by atoms with Crippen LogP contribution in [0.5, 0.6) is 0 Å². The average Bonchev–Trinajstić information content (AvgIpc) is 2.62. The molecule has 0 heterocycles. The largest absolute Gasteiger partial charge is 0.356 e. The Hall–Kier alpha value is -1.09. The summed E-state index contributed by atoms with van der Waals surface area (Å²) in [5.41, 5.74) is 0. The predicted octanol–water partition coefficient (Wildman–Crippen LogP) is 3.72. The summed E-state index contributed by atoms with van der Waals surface area (Å²) in [4.78, 5) is 6.73. The van der Waals surface area contributed by atoms with Gasteiger partial charge in [0.15, 0.2) is 15.8 Å². The Balaban J connectivity index is 0.00000625. The quantitative estimate of drug-likeness (QED) is 0.168. The minimum Gasteiger partial charge on any atom is -0.356 e. The van der Waals surface area contributed by atoms with E-state index in [1.54, 1.807) is 31.3 Å². The van der Waals surface area contributed by atoms with Crippen molar-refractivity contribution in [3.63, 3.8) is 0 Å². The molecule has 148 valence electrons. The van der Waals surface area contributed by atoms with Crippen LogP contribution in [0, 0.1) is 0 Å². The molecule has 0 unspecified atom stereocenters. The number of rotatable bonds is 11. The van der Waals surface area contributed by atoms with Gasteiger partial charge in [0.05, 0.1) is 10.6 Å². The Morgan fingerprint density at radius 1 is 1.19 bits per heavy atom. The van der Waals surface area contributed by atoms with Crippen LogP contribution in [0.2, 0.25) is 0 Å². The van der Waals surface area contributed by atoms with Crippen molar-refractivity contribution in [2.45, 2.75) is 37.0 Å². The lowest BCUT2D eigenvalue weighted by Gasteiger charge is -2.22. The molecule has 0 saturated heterocycles. The van der Waals surface area contributed by atoms with Crippen molar-refractivity contribution in [3.05, 3.63) is 43.0 Å². The normalized spacial score (nSPS) is 11.5. The molecule has 1 aromatic rings. The molecule has 26 heavy (non-hydrogen) atoms. The van der Waals surface area contributed by atoms with Crippen LogP contribution in [0.15, 0.2) is 52.9 Å². The van der Waals surface area contributed by atoms with Crippen LogP contribution in [0.4, 0.5) is 0 Å². The number of sulfone groups is 1. The highest BCUT2D eigenvalue weighted by Gasteiger charge is 2.13. The van der Waals surface area contributed by atoms with E-state index in [9.17, 15) is 8.42 Å². The van der Waals surface area contributed by atoms with E-state index in [4.69, 9.17) is 0 Å². The summed E-state index contributed by atoms with van der Waals surface area (Å²) in [7, 11) is 0.541. The first-order valence-electron chi connectivity index (χ1n) is 8.81. The highest BCUT2D eigenvalue weighted by Crippen LogP contribution is 2.10. The Morgan fingerprint density at radius 3 is 2.50 bits per heavy atom. The minimum absolute atomic E-state index is 0. The molecule has 5 nitrogen and oxygen atoms in total. The van der Waals surface area contributed by atoms with E-state index < -0.39 is 9.84 Å². The van der Waals surface area contributed by atoms with E-state index in [0.717, 1.165) is 25.3 Å². The third kappa shape index (κ3) is 9.56. The van der Waals surface area contributed by atoms with E-state index in [1.165, 1.54) is 12.8 Å². The molecule has 0 radical (unpaired) electrons. The van der Waals surface area contributed by atoms with Crippen LogP contribution in [0.3, 0.4) is 0 Å². The van der Waals surface area contributed by atoms with E-state index >= 15 is 0 Å². The highest BCUT2D eigenvalue weighted by molar-refractivity contribution is 14.0. The number of nitrogens with zero attached hydrogens (tertiary/aromatic N) is 2. The van der Waals surface area contributed by atoms with Crippen molar-refractivity contribution in [1.82, 2.24) is 10.2 Å². The fourth-order valence-electron chi connectivity index (χ4n) is 2.51. The number of halogens is 1. The maximum absolute atomic E-state index is 12.2. The Morgan fingerprint density at radius 2 is 1.88 bits per heavy atom. The number of unbranched alkanes of at least 4 members (excludes halogenated alkanes) is 3. The van der Waals surface area contributed by atoms with Gasteiger partial charge in [-0.3, -0.25) is 4.99 Å². The molecular formula is C19H32IN3O2S. The number of benzene rings is 1. The molecule has 0 aliphatic carbocycles. The van der Waals surface area contributed by atoms with Gasteiger partial charge in [-0.1, -0.05) is 30.7 Å². The molecule has 1 rings (SSSR count). The maximum atomic E-state index is 12.2. The standard InChI is InChI=1S/C19H31N3O2S.HI/c1-4-5-6-7-11-16-22(3)19(20-2)21-15-12-17-25(23,24)18-13-9-8-10-14-18;/h4,8-10,13-14H,1,5-7,11-12,15-17H2,2-3H3,(H,20,21);1H. The van der Waals surface area contributed by atoms with E-state index in [2.05, 4.69) is 21.8 Å². The number of hydrogen-bond donors (Lipinski definition) is 1. The Labute approximate surface area is 175 Å². The Kier molecular flexibility index (Phi) is 13.4. The SMILES string of the molecule is C=CCCCCCN(C)C(=NC)NCCCS(=O)(=O)c1ccccc1.I. The zero-order valence-corrected chi connectivity index (χ0v) is 19.0. The number of allylic oxidation sites excluding steroid dienone is 1. The van der Waals surface area contributed by atoms with Gasteiger partial charge in [0.1, 0.15) is 0 Å². The second-order valence-electron chi connectivity index (χ2n) is 6.02. The molecule has 0 bridgehead atoms. The summed E-state index contributed by atoms with van der Waals surface area (Å²) in [6, 6.07) is 8.59. The summed E-state index contributed by atoms with van der Waals surface area (Å²) >= 11 is 0. The van der Waals surface area contributed by atoms with Crippen molar-refractivity contribution < 1.29 is 8.42 Å². The summed E-state index contributed by atoms with van der Waals surface area (Å²) < 4.78 is 24.5. The van der Waals surface area contributed by atoms with Crippen molar-refractivity contribution in [1.29, 1.82) is 0 Å². The van der Waals surface area contributed by atoms with E-state index in [-0.39, 0.29) is 29.7 Å². The highest BCUT2D eigenvalue weighted by atomic mass is 127. The molecular weight excluding hydrogens is 461 g/mol. The maximum Gasteiger partial charge on any atom is 0.193 e.